The van der Waals surface area contributed by atoms with Crippen molar-refractivity contribution in [2.75, 3.05) is 5.32 Å². The van der Waals surface area contributed by atoms with Gasteiger partial charge in [0.05, 0.1) is 6.10 Å². The molecule has 4 nitrogen and oxygen atoms in total. The van der Waals surface area contributed by atoms with Gasteiger partial charge >= 0.3 is 0 Å². The standard InChI is InChI=1S/C15H21FN2O2/c1-10(17)8-15(19)18-11-6-7-14(13(16)9-11)20-12-4-2-3-5-12/h6-7,9-10,12H,2-5,8,17H2,1H3,(H,18,19). The highest BCUT2D eigenvalue weighted by Gasteiger charge is 2.18. The Bertz CT molecular complexity index is 471. The highest BCUT2D eigenvalue weighted by molar-refractivity contribution is 5.91. The number of carbonyl (C=O) groups excluding carboxylic acids is 1. The molecule has 3 N–H and O–H groups in total. The Morgan fingerprint density at radius 1 is 1.50 bits per heavy atom. The van der Waals surface area contributed by atoms with Gasteiger partial charge in [0.1, 0.15) is 0 Å². The summed E-state index contributed by atoms with van der Waals surface area (Å²) in [5.41, 5.74) is 5.96. The third kappa shape index (κ3) is 4.20. The van der Waals surface area contributed by atoms with Crippen molar-refractivity contribution >= 4 is 11.6 Å². The van der Waals surface area contributed by atoms with Gasteiger partial charge in [-0.1, -0.05) is 0 Å². The number of nitrogens with one attached hydrogen (secondary N) is 1. The van der Waals surface area contributed by atoms with Gasteiger partial charge in [-0.05, 0) is 44.7 Å². The Hall–Kier alpha value is -1.62. The molecule has 2 rings (SSSR count). The normalized spacial score (nSPS) is 16.9. The Morgan fingerprint density at radius 3 is 2.80 bits per heavy atom. The zero-order chi connectivity index (χ0) is 14.5. The second-order valence-electron chi connectivity index (χ2n) is 5.40. The van der Waals surface area contributed by atoms with Crippen molar-refractivity contribution < 1.29 is 13.9 Å². The van der Waals surface area contributed by atoms with Crippen molar-refractivity contribution in [3.63, 3.8) is 0 Å². The van der Waals surface area contributed by atoms with Gasteiger partial charge in [0.2, 0.25) is 5.91 Å². The van der Waals surface area contributed by atoms with Crippen molar-refractivity contribution in [2.24, 2.45) is 5.73 Å². The van der Waals surface area contributed by atoms with E-state index in [-0.39, 0.29) is 30.2 Å². The number of amides is 1. The average molecular weight is 280 g/mol. The lowest BCUT2D eigenvalue weighted by molar-refractivity contribution is -0.116. The predicted molar refractivity (Wildman–Crippen MR) is 76.2 cm³/mol. The molecule has 1 fully saturated rings. The van der Waals surface area contributed by atoms with Gasteiger partial charge in [0, 0.05) is 24.2 Å². The smallest absolute Gasteiger partial charge is 0.225 e. The topological polar surface area (TPSA) is 64.4 Å². The minimum absolute atomic E-state index is 0.114. The molecule has 1 unspecified atom stereocenters. The fourth-order valence-corrected chi connectivity index (χ4v) is 2.36. The molecule has 5 heteroatoms. The van der Waals surface area contributed by atoms with Crippen LogP contribution < -0.4 is 15.8 Å². The first kappa shape index (κ1) is 14.8. The van der Waals surface area contributed by atoms with E-state index in [0.717, 1.165) is 25.7 Å². The summed E-state index contributed by atoms with van der Waals surface area (Å²) in [4.78, 5) is 11.6. The zero-order valence-electron chi connectivity index (χ0n) is 11.7. The van der Waals surface area contributed by atoms with E-state index in [1.165, 1.54) is 6.07 Å². The summed E-state index contributed by atoms with van der Waals surface area (Å²) < 4.78 is 19.5. The highest BCUT2D eigenvalue weighted by Crippen LogP contribution is 2.27. The van der Waals surface area contributed by atoms with Crippen LogP contribution in [0.4, 0.5) is 10.1 Å². The van der Waals surface area contributed by atoms with Gasteiger partial charge in [0.25, 0.3) is 0 Å². The van der Waals surface area contributed by atoms with Gasteiger partial charge in [-0.2, -0.15) is 0 Å². The number of hydrogen-bond donors (Lipinski definition) is 2. The molecule has 1 saturated carbocycles. The summed E-state index contributed by atoms with van der Waals surface area (Å²) in [6.07, 6.45) is 4.55. The van der Waals surface area contributed by atoms with Crippen molar-refractivity contribution in [1.82, 2.24) is 0 Å². The van der Waals surface area contributed by atoms with Crippen molar-refractivity contribution in [3.05, 3.63) is 24.0 Å². The number of hydrogen-bond acceptors (Lipinski definition) is 3. The minimum Gasteiger partial charge on any atom is -0.487 e. The van der Waals surface area contributed by atoms with Crippen LogP contribution in [0, 0.1) is 5.82 Å². The maximum atomic E-state index is 13.9. The van der Waals surface area contributed by atoms with E-state index in [0.29, 0.717) is 5.69 Å². The van der Waals surface area contributed by atoms with Crippen LogP contribution in [0.1, 0.15) is 39.0 Å². The number of ether oxygens (including phenoxy) is 1. The van der Waals surface area contributed by atoms with E-state index in [4.69, 9.17) is 10.5 Å². The largest absolute Gasteiger partial charge is 0.487 e. The van der Waals surface area contributed by atoms with E-state index in [1.54, 1.807) is 19.1 Å². The first-order valence-electron chi connectivity index (χ1n) is 7.06. The van der Waals surface area contributed by atoms with Crippen LogP contribution in [-0.2, 0) is 4.79 Å². The number of nitrogens with two attached hydrogens (primary N) is 1. The van der Waals surface area contributed by atoms with Crippen LogP contribution in [0.5, 0.6) is 5.75 Å². The Kier molecular flexibility index (Phi) is 4.95. The summed E-state index contributed by atoms with van der Waals surface area (Å²) in [6.45, 7) is 1.75. The molecule has 0 saturated heterocycles. The van der Waals surface area contributed by atoms with E-state index in [1.807, 2.05) is 0 Å². The number of halogens is 1. The van der Waals surface area contributed by atoms with Crippen molar-refractivity contribution in [1.29, 1.82) is 0 Å². The van der Waals surface area contributed by atoms with Crippen LogP contribution in [0.25, 0.3) is 0 Å². The van der Waals surface area contributed by atoms with Crippen LogP contribution >= 0.6 is 0 Å². The maximum Gasteiger partial charge on any atom is 0.225 e. The highest BCUT2D eigenvalue weighted by atomic mass is 19.1. The Morgan fingerprint density at radius 2 is 2.20 bits per heavy atom. The lowest BCUT2D eigenvalue weighted by Gasteiger charge is -2.14. The lowest BCUT2D eigenvalue weighted by atomic mass is 10.2. The molecule has 1 aromatic carbocycles. The molecule has 1 aliphatic carbocycles. The Balaban J connectivity index is 1.96. The molecule has 0 aromatic heterocycles. The van der Waals surface area contributed by atoms with Gasteiger partial charge < -0.3 is 15.8 Å². The fourth-order valence-electron chi connectivity index (χ4n) is 2.36. The molecule has 0 aliphatic heterocycles. The van der Waals surface area contributed by atoms with E-state index in [2.05, 4.69) is 5.32 Å². The fraction of sp³-hybridized carbons (Fsp3) is 0.533. The second-order valence-corrected chi connectivity index (χ2v) is 5.40. The molecule has 1 amide bonds. The number of carbonyl (C=O) groups is 1. The molecule has 1 aromatic rings. The Labute approximate surface area is 118 Å². The first-order valence-corrected chi connectivity index (χ1v) is 7.06. The molecule has 110 valence electrons. The summed E-state index contributed by atoms with van der Waals surface area (Å²) in [5.74, 6) is -0.415. The van der Waals surface area contributed by atoms with E-state index in [9.17, 15) is 9.18 Å². The number of benzene rings is 1. The predicted octanol–water partition coefficient (Wildman–Crippen LogP) is 2.82. The monoisotopic (exact) mass is 280 g/mol. The van der Waals surface area contributed by atoms with Gasteiger partial charge in [-0.15, -0.1) is 0 Å². The second kappa shape index (κ2) is 6.70. The van der Waals surface area contributed by atoms with Gasteiger partial charge in [-0.3, -0.25) is 4.79 Å². The molecule has 20 heavy (non-hydrogen) atoms. The molecule has 1 atom stereocenters. The first-order chi connectivity index (χ1) is 9.54. The van der Waals surface area contributed by atoms with Crippen LogP contribution in [0.15, 0.2) is 18.2 Å². The summed E-state index contributed by atoms with van der Waals surface area (Å²) in [6, 6.07) is 4.27. The van der Waals surface area contributed by atoms with Crippen LogP contribution in [-0.4, -0.2) is 18.1 Å². The van der Waals surface area contributed by atoms with Gasteiger partial charge in [-0.25, -0.2) is 4.39 Å². The van der Waals surface area contributed by atoms with Gasteiger partial charge in [0.15, 0.2) is 11.6 Å². The van der Waals surface area contributed by atoms with E-state index < -0.39 is 5.82 Å². The third-order valence-corrected chi connectivity index (χ3v) is 3.32. The van der Waals surface area contributed by atoms with Crippen LogP contribution in [0.2, 0.25) is 0 Å². The van der Waals surface area contributed by atoms with Crippen molar-refractivity contribution in [2.45, 2.75) is 51.2 Å². The number of anilines is 1. The molecule has 0 bridgehead atoms. The summed E-state index contributed by atoms with van der Waals surface area (Å²) >= 11 is 0. The summed E-state index contributed by atoms with van der Waals surface area (Å²) in [5, 5.41) is 2.62. The van der Waals surface area contributed by atoms with Crippen LogP contribution in [0.3, 0.4) is 0 Å². The van der Waals surface area contributed by atoms with E-state index >= 15 is 0 Å². The molecule has 0 heterocycles. The molecule has 1 aliphatic rings. The lowest BCUT2D eigenvalue weighted by Crippen LogP contribution is -2.24. The SMILES string of the molecule is CC(N)CC(=O)Nc1ccc(OC2CCCC2)c(F)c1. The molecule has 0 radical (unpaired) electrons. The molecule has 0 spiro atoms. The minimum atomic E-state index is -0.449. The molecular formula is C15H21FN2O2. The summed E-state index contributed by atoms with van der Waals surface area (Å²) in [7, 11) is 0. The zero-order valence-corrected chi connectivity index (χ0v) is 11.7. The quantitative estimate of drug-likeness (QED) is 0.871. The maximum absolute atomic E-state index is 13.9. The average Bonchev–Trinajstić information content (AvgIpc) is 2.84. The third-order valence-electron chi connectivity index (χ3n) is 3.32. The number of rotatable bonds is 5. The van der Waals surface area contributed by atoms with Crippen molar-refractivity contribution in [3.8, 4) is 5.75 Å². The molecular weight excluding hydrogens is 259 g/mol.